The van der Waals surface area contributed by atoms with Crippen LogP contribution in [0.5, 0.6) is 11.5 Å². The lowest BCUT2D eigenvalue weighted by Crippen LogP contribution is -2.12. The third-order valence-corrected chi connectivity index (χ3v) is 1.85. The predicted molar refractivity (Wildman–Crippen MR) is 46.1 cm³/mol. The zero-order valence-corrected chi connectivity index (χ0v) is 7.75. The van der Waals surface area contributed by atoms with Crippen LogP contribution in [0, 0.1) is 0 Å². The SMILES string of the molecule is O=C(O)Cc1cc(O)c(O)cc1C(F)(F)F. The van der Waals surface area contributed by atoms with E-state index in [2.05, 4.69) is 0 Å². The van der Waals surface area contributed by atoms with Crippen molar-refractivity contribution in [1.29, 1.82) is 0 Å². The van der Waals surface area contributed by atoms with E-state index in [4.69, 9.17) is 15.3 Å². The molecule has 0 atom stereocenters. The average molecular weight is 236 g/mol. The Balaban J connectivity index is 3.33. The topological polar surface area (TPSA) is 77.8 Å². The number of aliphatic carboxylic acids is 1. The Kier molecular flexibility index (Phi) is 2.97. The van der Waals surface area contributed by atoms with Crippen molar-refractivity contribution in [3.8, 4) is 11.5 Å². The highest BCUT2D eigenvalue weighted by atomic mass is 19.4. The minimum absolute atomic E-state index is 0.299. The standard InChI is InChI=1S/C9H7F3O4/c10-9(11,12)5-3-7(14)6(13)1-4(5)2-8(15)16/h1,3,13-14H,2H2,(H,15,16). The van der Waals surface area contributed by atoms with Crippen molar-refractivity contribution in [3.63, 3.8) is 0 Å². The second kappa shape index (κ2) is 3.92. The summed E-state index contributed by atoms with van der Waals surface area (Å²) in [6.07, 6.45) is -5.67. The van der Waals surface area contributed by atoms with Gasteiger partial charge in [0.05, 0.1) is 12.0 Å². The van der Waals surface area contributed by atoms with Crippen molar-refractivity contribution in [1.82, 2.24) is 0 Å². The second-order valence-electron chi connectivity index (χ2n) is 3.07. The van der Waals surface area contributed by atoms with Gasteiger partial charge in [0.25, 0.3) is 0 Å². The van der Waals surface area contributed by atoms with Gasteiger partial charge in [0, 0.05) is 0 Å². The van der Waals surface area contributed by atoms with Gasteiger partial charge in [-0.3, -0.25) is 4.79 Å². The highest BCUT2D eigenvalue weighted by Crippen LogP contribution is 2.38. The van der Waals surface area contributed by atoms with Gasteiger partial charge in [-0.1, -0.05) is 0 Å². The normalized spacial score (nSPS) is 11.4. The Bertz CT molecular complexity index is 425. The van der Waals surface area contributed by atoms with Crippen molar-refractivity contribution in [2.75, 3.05) is 0 Å². The smallest absolute Gasteiger partial charge is 0.416 e. The lowest BCUT2D eigenvalue weighted by atomic mass is 10.0. The van der Waals surface area contributed by atoms with Crippen LogP contribution in [-0.4, -0.2) is 21.3 Å². The van der Waals surface area contributed by atoms with E-state index in [9.17, 15) is 18.0 Å². The van der Waals surface area contributed by atoms with Crippen LogP contribution in [0.3, 0.4) is 0 Å². The fourth-order valence-electron chi connectivity index (χ4n) is 1.19. The first-order valence-corrected chi connectivity index (χ1v) is 4.05. The Morgan fingerprint density at radius 1 is 1.19 bits per heavy atom. The number of halogens is 3. The summed E-state index contributed by atoms with van der Waals surface area (Å²) in [5, 5.41) is 26.3. The number of phenols is 2. The highest BCUT2D eigenvalue weighted by molar-refractivity contribution is 5.71. The fraction of sp³-hybridized carbons (Fsp3) is 0.222. The van der Waals surface area contributed by atoms with Gasteiger partial charge >= 0.3 is 12.1 Å². The van der Waals surface area contributed by atoms with Gasteiger partial charge in [-0.15, -0.1) is 0 Å². The number of alkyl halides is 3. The zero-order chi connectivity index (χ0) is 12.5. The lowest BCUT2D eigenvalue weighted by molar-refractivity contribution is -0.139. The number of hydrogen-bond acceptors (Lipinski definition) is 3. The molecular formula is C9H7F3O4. The quantitative estimate of drug-likeness (QED) is 0.683. The molecule has 0 aromatic heterocycles. The molecule has 0 aliphatic rings. The third kappa shape index (κ3) is 2.56. The van der Waals surface area contributed by atoms with Crippen LogP contribution in [0.4, 0.5) is 13.2 Å². The molecule has 0 saturated carbocycles. The van der Waals surface area contributed by atoms with E-state index >= 15 is 0 Å². The summed E-state index contributed by atoms with van der Waals surface area (Å²) in [5.74, 6) is -3.19. The third-order valence-electron chi connectivity index (χ3n) is 1.85. The molecule has 1 rings (SSSR count). The van der Waals surface area contributed by atoms with Crippen LogP contribution in [0.1, 0.15) is 11.1 Å². The molecule has 0 unspecified atom stereocenters. The molecule has 1 aromatic rings. The molecule has 7 heteroatoms. The van der Waals surface area contributed by atoms with Crippen LogP contribution in [-0.2, 0) is 17.4 Å². The van der Waals surface area contributed by atoms with Crippen molar-refractivity contribution < 1.29 is 33.3 Å². The Hall–Kier alpha value is -1.92. The molecule has 0 bridgehead atoms. The Morgan fingerprint density at radius 2 is 1.69 bits per heavy atom. The molecule has 4 nitrogen and oxygen atoms in total. The maximum absolute atomic E-state index is 12.4. The molecule has 0 spiro atoms. The molecule has 0 amide bonds. The maximum Gasteiger partial charge on any atom is 0.416 e. The number of aromatic hydroxyl groups is 2. The van der Waals surface area contributed by atoms with Gasteiger partial charge in [0.15, 0.2) is 11.5 Å². The highest BCUT2D eigenvalue weighted by Gasteiger charge is 2.34. The van der Waals surface area contributed by atoms with E-state index in [1.807, 2.05) is 0 Å². The summed E-state index contributed by atoms with van der Waals surface area (Å²) in [4.78, 5) is 10.3. The zero-order valence-electron chi connectivity index (χ0n) is 7.75. The molecule has 0 aliphatic carbocycles. The first kappa shape index (κ1) is 12.2. The molecule has 1 aromatic carbocycles. The van der Waals surface area contributed by atoms with Gasteiger partial charge in [0.2, 0.25) is 0 Å². The summed E-state index contributed by atoms with van der Waals surface area (Å²) < 4.78 is 37.3. The first-order valence-electron chi connectivity index (χ1n) is 4.05. The molecule has 0 saturated heterocycles. The molecular weight excluding hydrogens is 229 g/mol. The van der Waals surface area contributed by atoms with Crippen molar-refractivity contribution in [3.05, 3.63) is 23.3 Å². The molecule has 16 heavy (non-hydrogen) atoms. The van der Waals surface area contributed by atoms with Gasteiger partial charge in [-0.2, -0.15) is 13.2 Å². The van der Waals surface area contributed by atoms with Gasteiger partial charge in [0.1, 0.15) is 0 Å². The molecule has 3 N–H and O–H groups in total. The molecule has 0 aliphatic heterocycles. The number of carboxylic acid groups (broad SMARTS) is 1. The van der Waals surface area contributed by atoms with Gasteiger partial charge in [-0.25, -0.2) is 0 Å². The van der Waals surface area contributed by atoms with Gasteiger partial charge in [-0.05, 0) is 17.7 Å². The van der Waals surface area contributed by atoms with Crippen molar-refractivity contribution in [2.24, 2.45) is 0 Å². The Morgan fingerprint density at radius 3 is 2.12 bits per heavy atom. The summed E-state index contributed by atoms with van der Waals surface area (Å²) in [6, 6.07) is 0.889. The number of carbonyl (C=O) groups is 1. The van der Waals surface area contributed by atoms with Crippen LogP contribution < -0.4 is 0 Å². The largest absolute Gasteiger partial charge is 0.504 e. The van der Waals surface area contributed by atoms with Crippen molar-refractivity contribution in [2.45, 2.75) is 12.6 Å². The molecule has 0 radical (unpaired) electrons. The van der Waals surface area contributed by atoms with Crippen LogP contribution in [0.25, 0.3) is 0 Å². The predicted octanol–water partition coefficient (Wildman–Crippen LogP) is 1.74. The van der Waals surface area contributed by atoms with E-state index in [1.165, 1.54) is 0 Å². The maximum atomic E-state index is 12.4. The van der Waals surface area contributed by atoms with Crippen LogP contribution in [0.2, 0.25) is 0 Å². The average Bonchev–Trinajstić information content (AvgIpc) is 2.08. The van der Waals surface area contributed by atoms with E-state index in [0.717, 1.165) is 0 Å². The minimum atomic E-state index is -4.78. The van der Waals surface area contributed by atoms with E-state index in [1.54, 1.807) is 0 Å². The number of carboxylic acids is 1. The summed E-state index contributed by atoms with van der Waals surface area (Å²) in [6.45, 7) is 0. The number of phenolic OH excluding ortho intramolecular Hbond substituents is 2. The number of benzene rings is 1. The molecule has 0 fully saturated rings. The Labute approximate surface area is 87.6 Å². The molecule has 0 heterocycles. The molecule has 88 valence electrons. The first-order chi connectivity index (χ1) is 7.21. The number of rotatable bonds is 2. The number of hydrogen-bond donors (Lipinski definition) is 3. The van der Waals surface area contributed by atoms with Crippen LogP contribution >= 0.6 is 0 Å². The van der Waals surface area contributed by atoms with Crippen LogP contribution in [0.15, 0.2) is 12.1 Å². The van der Waals surface area contributed by atoms with Gasteiger partial charge < -0.3 is 15.3 Å². The lowest BCUT2D eigenvalue weighted by Gasteiger charge is -2.12. The van der Waals surface area contributed by atoms with E-state index < -0.39 is 41.2 Å². The summed E-state index contributed by atoms with van der Waals surface area (Å²) >= 11 is 0. The summed E-state index contributed by atoms with van der Waals surface area (Å²) in [5.41, 5.74) is -1.87. The second-order valence-corrected chi connectivity index (χ2v) is 3.07. The minimum Gasteiger partial charge on any atom is -0.504 e. The monoisotopic (exact) mass is 236 g/mol. The summed E-state index contributed by atoms with van der Waals surface area (Å²) in [7, 11) is 0. The fourth-order valence-corrected chi connectivity index (χ4v) is 1.19. The van der Waals surface area contributed by atoms with E-state index in [0.29, 0.717) is 12.1 Å². The van der Waals surface area contributed by atoms with E-state index in [-0.39, 0.29) is 0 Å². The van der Waals surface area contributed by atoms with Crippen molar-refractivity contribution >= 4 is 5.97 Å².